The van der Waals surface area contributed by atoms with Gasteiger partial charge in [0.1, 0.15) is 5.75 Å². The van der Waals surface area contributed by atoms with Crippen molar-refractivity contribution < 1.29 is 19.5 Å². The van der Waals surface area contributed by atoms with Crippen LogP contribution in [0.4, 0.5) is 0 Å². The number of benzene rings is 1. The molecule has 5 heteroatoms. The predicted molar refractivity (Wildman–Crippen MR) is 68.1 cm³/mol. The summed E-state index contributed by atoms with van der Waals surface area (Å²) < 4.78 is 0. The number of hydrogen-bond donors (Lipinski definition) is 2. The average molecular weight is 263 g/mol. The fraction of sp³-hybridized carbons (Fsp3) is 0.429. The maximum Gasteiger partial charge on any atom is 0.339 e. The fourth-order valence-corrected chi connectivity index (χ4v) is 1.90. The third-order valence-corrected chi connectivity index (χ3v) is 3.21. The quantitative estimate of drug-likeness (QED) is 0.813. The number of aromatic hydroxyl groups is 1. The Morgan fingerprint density at radius 3 is 2.68 bits per heavy atom. The summed E-state index contributed by atoms with van der Waals surface area (Å²) in [5, 5.41) is 9.74. The molecule has 0 aliphatic heterocycles. The molecule has 0 aromatic heterocycles. The third-order valence-electron chi connectivity index (χ3n) is 3.21. The molecule has 1 aromatic rings. The highest BCUT2D eigenvalue weighted by Crippen LogP contribution is 2.30. The molecule has 1 amide bonds. The molecule has 1 aromatic carbocycles. The first kappa shape index (κ1) is 13.4. The van der Waals surface area contributed by atoms with E-state index in [1.807, 2.05) is 6.92 Å². The van der Waals surface area contributed by atoms with Gasteiger partial charge in [0.2, 0.25) is 0 Å². The van der Waals surface area contributed by atoms with Crippen LogP contribution in [0.5, 0.6) is 5.75 Å². The SMILES string of the molecule is CC[C@H](C(=O)ONC(=O)C1CC1)c1ccccc1O. The number of nitrogens with one attached hydrogen (secondary N) is 1. The Kier molecular flexibility index (Phi) is 4.04. The minimum atomic E-state index is -0.583. The number of phenols is 1. The van der Waals surface area contributed by atoms with Gasteiger partial charge in [-0.15, -0.1) is 0 Å². The van der Waals surface area contributed by atoms with Gasteiger partial charge in [-0.2, -0.15) is 5.48 Å². The van der Waals surface area contributed by atoms with Gasteiger partial charge in [-0.25, -0.2) is 4.79 Å². The molecule has 1 aliphatic carbocycles. The zero-order chi connectivity index (χ0) is 13.8. The zero-order valence-electron chi connectivity index (χ0n) is 10.8. The fourth-order valence-electron chi connectivity index (χ4n) is 1.90. The third kappa shape index (κ3) is 3.24. The number of hydroxylamine groups is 1. The second-order valence-electron chi connectivity index (χ2n) is 4.68. The van der Waals surface area contributed by atoms with Crippen LogP contribution >= 0.6 is 0 Å². The van der Waals surface area contributed by atoms with Crippen LogP contribution in [0.3, 0.4) is 0 Å². The van der Waals surface area contributed by atoms with Crippen molar-refractivity contribution in [1.82, 2.24) is 5.48 Å². The van der Waals surface area contributed by atoms with E-state index in [9.17, 15) is 14.7 Å². The lowest BCUT2D eigenvalue weighted by molar-refractivity contribution is -0.160. The Labute approximate surface area is 111 Å². The Hall–Kier alpha value is -2.04. The first-order valence-corrected chi connectivity index (χ1v) is 6.42. The molecule has 0 bridgehead atoms. The number of amides is 1. The number of carbonyl (C=O) groups excluding carboxylic acids is 2. The lowest BCUT2D eigenvalue weighted by Crippen LogP contribution is -2.30. The molecular formula is C14H17NO4. The minimum Gasteiger partial charge on any atom is -0.508 e. The molecule has 0 radical (unpaired) electrons. The van der Waals surface area contributed by atoms with Crippen molar-refractivity contribution in [2.45, 2.75) is 32.1 Å². The van der Waals surface area contributed by atoms with Crippen molar-refractivity contribution in [3.63, 3.8) is 0 Å². The molecule has 2 N–H and O–H groups in total. The number of rotatable bonds is 4. The first-order chi connectivity index (χ1) is 9.13. The average Bonchev–Trinajstić information content (AvgIpc) is 3.23. The standard InChI is InChI=1S/C14H17NO4/c1-2-10(11-5-3-4-6-12(11)16)14(18)19-15-13(17)9-7-8-9/h3-6,9-10,16H,2,7-8H2,1H3,(H,15,17)/t10-/m0/s1. The zero-order valence-corrected chi connectivity index (χ0v) is 10.8. The van der Waals surface area contributed by atoms with E-state index in [-0.39, 0.29) is 17.6 Å². The van der Waals surface area contributed by atoms with Gasteiger partial charge in [0.15, 0.2) is 0 Å². The highest BCUT2D eigenvalue weighted by Gasteiger charge is 2.31. The van der Waals surface area contributed by atoms with Crippen LogP contribution in [0, 0.1) is 5.92 Å². The van der Waals surface area contributed by atoms with E-state index >= 15 is 0 Å². The molecule has 1 saturated carbocycles. The molecule has 19 heavy (non-hydrogen) atoms. The van der Waals surface area contributed by atoms with Gasteiger partial charge in [-0.1, -0.05) is 25.1 Å². The normalized spacial score (nSPS) is 15.6. The lowest BCUT2D eigenvalue weighted by Gasteiger charge is -2.15. The first-order valence-electron chi connectivity index (χ1n) is 6.42. The van der Waals surface area contributed by atoms with Crippen molar-refractivity contribution in [3.05, 3.63) is 29.8 Å². The summed E-state index contributed by atoms with van der Waals surface area (Å²) in [7, 11) is 0. The van der Waals surface area contributed by atoms with Crippen LogP contribution in [0.15, 0.2) is 24.3 Å². The molecular weight excluding hydrogens is 246 g/mol. The molecule has 0 spiro atoms. The van der Waals surface area contributed by atoms with Gasteiger partial charge in [0.05, 0.1) is 5.92 Å². The van der Waals surface area contributed by atoms with Crippen LogP contribution in [0.2, 0.25) is 0 Å². The van der Waals surface area contributed by atoms with Gasteiger partial charge in [0, 0.05) is 11.5 Å². The molecule has 1 fully saturated rings. The molecule has 5 nitrogen and oxygen atoms in total. The smallest absolute Gasteiger partial charge is 0.339 e. The Morgan fingerprint density at radius 2 is 2.11 bits per heavy atom. The molecule has 0 unspecified atom stereocenters. The van der Waals surface area contributed by atoms with Gasteiger partial charge in [0.25, 0.3) is 5.91 Å². The summed E-state index contributed by atoms with van der Waals surface area (Å²) in [6.45, 7) is 1.82. The maximum atomic E-state index is 11.9. The second-order valence-corrected chi connectivity index (χ2v) is 4.68. The van der Waals surface area contributed by atoms with Crippen molar-refractivity contribution in [3.8, 4) is 5.75 Å². The summed E-state index contributed by atoms with van der Waals surface area (Å²) in [4.78, 5) is 28.1. The summed E-state index contributed by atoms with van der Waals surface area (Å²) in [6.07, 6.45) is 2.18. The topological polar surface area (TPSA) is 75.6 Å². The summed E-state index contributed by atoms with van der Waals surface area (Å²) in [6, 6.07) is 6.63. The van der Waals surface area contributed by atoms with Gasteiger partial charge < -0.3 is 9.94 Å². The highest BCUT2D eigenvalue weighted by molar-refractivity contribution is 5.84. The molecule has 1 aliphatic rings. The van der Waals surface area contributed by atoms with E-state index in [0.29, 0.717) is 12.0 Å². The molecule has 0 heterocycles. The summed E-state index contributed by atoms with van der Waals surface area (Å²) in [5.41, 5.74) is 2.69. The van der Waals surface area contributed by atoms with E-state index in [4.69, 9.17) is 4.84 Å². The van der Waals surface area contributed by atoms with Crippen molar-refractivity contribution in [2.24, 2.45) is 5.92 Å². The molecule has 2 rings (SSSR count). The van der Waals surface area contributed by atoms with E-state index in [1.54, 1.807) is 18.2 Å². The maximum absolute atomic E-state index is 11.9. The Morgan fingerprint density at radius 1 is 1.42 bits per heavy atom. The van der Waals surface area contributed by atoms with Crippen LogP contribution in [-0.2, 0) is 14.4 Å². The van der Waals surface area contributed by atoms with E-state index < -0.39 is 11.9 Å². The van der Waals surface area contributed by atoms with Crippen LogP contribution in [0.25, 0.3) is 0 Å². The summed E-state index contributed by atoms with van der Waals surface area (Å²) in [5.74, 6) is -1.35. The minimum absolute atomic E-state index is 0.0157. The molecule has 1 atom stereocenters. The van der Waals surface area contributed by atoms with Gasteiger partial charge >= 0.3 is 5.97 Å². The monoisotopic (exact) mass is 263 g/mol. The Bertz CT molecular complexity index is 482. The number of hydrogen-bond acceptors (Lipinski definition) is 4. The lowest BCUT2D eigenvalue weighted by atomic mass is 9.96. The van der Waals surface area contributed by atoms with E-state index in [0.717, 1.165) is 12.8 Å². The largest absolute Gasteiger partial charge is 0.508 e. The van der Waals surface area contributed by atoms with Crippen molar-refractivity contribution in [1.29, 1.82) is 0 Å². The predicted octanol–water partition coefficient (Wildman–Crippen LogP) is 1.87. The van der Waals surface area contributed by atoms with Gasteiger partial charge in [-0.3, -0.25) is 4.79 Å². The van der Waals surface area contributed by atoms with Crippen LogP contribution < -0.4 is 5.48 Å². The summed E-state index contributed by atoms with van der Waals surface area (Å²) >= 11 is 0. The second kappa shape index (κ2) is 5.73. The van der Waals surface area contributed by atoms with E-state index in [1.165, 1.54) is 6.07 Å². The van der Waals surface area contributed by atoms with Gasteiger partial charge in [-0.05, 0) is 25.3 Å². The van der Waals surface area contributed by atoms with Crippen LogP contribution in [-0.4, -0.2) is 17.0 Å². The van der Waals surface area contributed by atoms with Crippen molar-refractivity contribution >= 4 is 11.9 Å². The number of phenolic OH excluding ortho intramolecular Hbond substituents is 1. The van der Waals surface area contributed by atoms with E-state index in [2.05, 4.69) is 5.48 Å². The Balaban J connectivity index is 1.98. The number of carbonyl (C=O) groups is 2. The van der Waals surface area contributed by atoms with Crippen molar-refractivity contribution in [2.75, 3.05) is 0 Å². The highest BCUT2D eigenvalue weighted by atomic mass is 16.7. The van der Waals surface area contributed by atoms with Crippen LogP contribution in [0.1, 0.15) is 37.7 Å². The molecule has 0 saturated heterocycles. The molecule has 102 valence electrons. The number of para-hydroxylation sites is 1.